The topological polar surface area (TPSA) is 26.3 Å². The van der Waals surface area contributed by atoms with Crippen LogP contribution in [0.5, 0.6) is 0 Å². The summed E-state index contributed by atoms with van der Waals surface area (Å²) >= 11 is 0. The number of carbonyl (C=O) groups is 1. The Hall–Kier alpha value is -1.31. The van der Waals surface area contributed by atoms with Crippen molar-refractivity contribution in [1.82, 2.24) is 0 Å². The average molecular weight is 278 g/mol. The summed E-state index contributed by atoms with van der Waals surface area (Å²) in [4.78, 5) is 10.9. The molecule has 2 nitrogen and oxygen atoms in total. The van der Waals surface area contributed by atoms with Crippen molar-refractivity contribution in [3.05, 3.63) is 36.5 Å². The molecule has 0 fully saturated rings. The molecule has 0 saturated carbocycles. The van der Waals surface area contributed by atoms with E-state index in [-0.39, 0.29) is 5.97 Å². The zero-order valence-corrected chi connectivity index (χ0v) is 13.1. The van der Waals surface area contributed by atoms with Gasteiger partial charge in [0.1, 0.15) is 0 Å². The van der Waals surface area contributed by atoms with Crippen LogP contribution in [0.15, 0.2) is 36.5 Å². The fourth-order valence-electron chi connectivity index (χ4n) is 1.81. The molecular weight excluding hydrogens is 248 g/mol. The van der Waals surface area contributed by atoms with E-state index in [1.165, 1.54) is 20.0 Å². The van der Waals surface area contributed by atoms with E-state index in [0.29, 0.717) is 6.42 Å². The molecule has 0 N–H and O–H groups in total. The van der Waals surface area contributed by atoms with E-state index >= 15 is 0 Å². The van der Waals surface area contributed by atoms with Crippen LogP contribution in [0.2, 0.25) is 0 Å². The number of carbonyl (C=O) groups excluding carboxylic acids is 1. The summed E-state index contributed by atoms with van der Waals surface area (Å²) in [6.45, 7) is 2.15. The van der Waals surface area contributed by atoms with Gasteiger partial charge in [0.15, 0.2) is 0 Å². The van der Waals surface area contributed by atoms with Crippen molar-refractivity contribution in [3.63, 3.8) is 0 Å². The van der Waals surface area contributed by atoms with Gasteiger partial charge >= 0.3 is 5.97 Å². The Bertz CT molecular complexity index is 301. The molecule has 20 heavy (non-hydrogen) atoms. The molecule has 0 aromatic carbocycles. The molecule has 0 unspecified atom stereocenters. The number of methoxy groups -OCH3 is 1. The summed E-state index contributed by atoms with van der Waals surface area (Å²) < 4.78 is 4.60. The number of unbranched alkanes of at least 4 members (excludes halogenated alkanes) is 4. The third-order valence-electron chi connectivity index (χ3n) is 3.01. The first-order valence-electron chi connectivity index (χ1n) is 7.83. The second-order valence-corrected chi connectivity index (χ2v) is 4.82. The molecule has 0 aromatic heterocycles. The number of ether oxygens (including phenoxy) is 1. The maximum atomic E-state index is 10.9. The minimum absolute atomic E-state index is 0.0922. The third kappa shape index (κ3) is 14.7. The minimum Gasteiger partial charge on any atom is -0.469 e. The highest BCUT2D eigenvalue weighted by molar-refractivity contribution is 5.68. The molecule has 0 aromatic rings. The molecule has 0 amide bonds. The zero-order chi connectivity index (χ0) is 14.9. The molecule has 0 rings (SSSR count). The lowest BCUT2D eigenvalue weighted by molar-refractivity contribution is -0.140. The first kappa shape index (κ1) is 18.7. The van der Waals surface area contributed by atoms with Gasteiger partial charge in [0, 0.05) is 6.42 Å². The Balaban J connectivity index is 3.27. The number of esters is 1. The van der Waals surface area contributed by atoms with Crippen molar-refractivity contribution in [3.8, 4) is 0 Å². The normalized spacial score (nSPS) is 11.9. The Morgan fingerprint density at radius 3 is 2.10 bits per heavy atom. The van der Waals surface area contributed by atoms with Crippen LogP contribution in [-0.4, -0.2) is 13.1 Å². The maximum Gasteiger partial charge on any atom is 0.305 e. The summed E-state index contributed by atoms with van der Waals surface area (Å²) in [5.41, 5.74) is 0. The molecule has 0 atom stereocenters. The number of rotatable bonds is 12. The second-order valence-electron chi connectivity index (χ2n) is 4.82. The van der Waals surface area contributed by atoms with E-state index in [0.717, 1.165) is 38.5 Å². The van der Waals surface area contributed by atoms with E-state index in [9.17, 15) is 4.79 Å². The monoisotopic (exact) mass is 278 g/mol. The number of allylic oxidation sites excluding steroid dienone is 6. The minimum atomic E-state index is -0.0922. The Labute approximate surface area is 124 Å². The van der Waals surface area contributed by atoms with Gasteiger partial charge in [-0.2, -0.15) is 0 Å². The predicted molar refractivity (Wildman–Crippen MR) is 86.7 cm³/mol. The van der Waals surface area contributed by atoms with E-state index in [2.05, 4.69) is 48.1 Å². The molecule has 114 valence electrons. The predicted octanol–water partition coefficient (Wildman–Crippen LogP) is 5.36. The summed E-state index contributed by atoms with van der Waals surface area (Å²) in [5, 5.41) is 0. The van der Waals surface area contributed by atoms with Crippen LogP contribution < -0.4 is 0 Å². The fourth-order valence-corrected chi connectivity index (χ4v) is 1.81. The molecule has 0 aliphatic heterocycles. The quantitative estimate of drug-likeness (QED) is 0.273. The Morgan fingerprint density at radius 2 is 1.45 bits per heavy atom. The van der Waals surface area contributed by atoms with Crippen LogP contribution in [-0.2, 0) is 9.53 Å². The average Bonchev–Trinajstić information content (AvgIpc) is 2.47. The zero-order valence-electron chi connectivity index (χ0n) is 13.1. The van der Waals surface area contributed by atoms with Crippen molar-refractivity contribution >= 4 is 5.97 Å². The highest BCUT2D eigenvalue weighted by Gasteiger charge is 1.98. The smallest absolute Gasteiger partial charge is 0.305 e. The van der Waals surface area contributed by atoms with Crippen molar-refractivity contribution in [1.29, 1.82) is 0 Å². The maximum absolute atomic E-state index is 10.9. The van der Waals surface area contributed by atoms with Gasteiger partial charge in [-0.05, 0) is 38.5 Å². The summed E-state index contributed by atoms with van der Waals surface area (Å²) in [7, 11) is 1.45. The summed E-state index contributed by atoms with van der Waals surface area (Å²) in [6.07, 6.45) is 22.7. The highest BCUT2D eigenvalue weighted by Crippen LogP contribution is 2.06. The molecular formula is C18H30O2. The number of hydrogen-bond donors (Lipinski definition) is 0. The van der Waals surface area contributed by atoms with Crippen molar-refractivity contribution in [2.24, 2.45) is 0 Å². The van der Waals surface area contributed by atoms with Gasteiger partial charge < -0.3 is 4.74 Å². The van der Waals surface area contributed by atoms with Crippen LogP contribution in [0.1, 0.15) is 64.7 Å². The van der Waals surface area contributed by atoms with Gasteiger partial charge in [0.05, 0.1) is 7.11 Å². The van der Waals surface area contributed by atoms with Crippen LogP contribution >= 0.6 is 0 Å². The van der Waals surface area contributed by atoms with Gasteiger partial charge in [-0.3, -0.25) is 4.79 Å². The lowest BCUT2D eigenvalue weighted by Gasteiger charge is -1.99. The standard InChI is InChI=1S/C18H30O2/c1-3-4-5-6-7-8-9-10-11-12-13-14-15-16-17-18(19)20-2/h4-5,7-8,10-11H,3,6,9,12-17H2,1-2H3/b5-4-,8-7-,11-10-. The van der Waals surface area contributed by atoms with Gasteiger partial charge in [-0.15, -0.1) is 0 Å². The van der Waals surface area contributed by atoms with Gasteiger partial charge in [0.2, 0.25) is 0 Å². The van der Waals surface area contributed by atoms with E-state index < -0.39 is 0 Å². The Kier molecular flexibility index (Phi) is 14.7. The van der Waals surface area contributed by atoms with Crippen LogP contribution in [0.4, 0.5) is 0 Å². The second kappa shape index (κ2) is 15.7. The van der Waals surface area contributed by atoms with Crippen molar-refractivity contribution in [2.45, 2.75) is 64.7 Å². The Morgan fingerprint density at radius 1 is 0.850 bits per heavy atom. The number of hydrogen-bond acceptors (Lipinski definition) is 2. The van der Waals surface area contributed by atoms with Crippen LogP contribution in [0.3, 0.4) is 0 Å². The van der Waals surface area contributed by atoms with Crippen LogP contribution in [0, 0.1) is 0 Å². The van der Waals surface area contributed by atoms with Gasteiger partial charge in [-0.25, -0.2) is 0 Å². The summed E-state index contributed by atoms with van der Waals surface area (Å²) in [6, 6.07) is 0. The molecule has 0 aliphatic rings. The SMILES string of the molecule is CC/C=C\C/C=C\C/C=C\CCCCCCC(=O)OC. The molecule has 0 bridgehead atoms. The fraction of sp³-hybridized carbons (Fsp3) is 0.611. The molecule has 0 radical (unpaired) electrons. The molecule has 2 heteroatoms. The van der Waals surface area contributed by atoms with E-state index in [4.69, 9.17) is 0 Å². The third-order valence-corrected chi connectivity index (χ3v) is 3.01. The molecule has 0 aliphatic carbocycles. The first-order chi connectivity index (χ1) is 9.81. The van der Waals surface area contributed by atoms with Gasteiger partial charge in [0.25, 0.3) is 0 Å². The first-order valence-corrected chi connectivity index (χ1v) is 7.83. The molecule has 0 heterocycles. The van der Waals surface area contributed by atoms with Crippen molar-refractivity contribution in [2.75, 3.05) is 7.11 Å². The summed E-state index contributed by atoms with van der Waals surface area (Å²) in [5.74, 6) is -0.0922. The van der Waals surface area contributed by atoms with Crippen molar-refractivity contribution < 1.29 is 9.53 Å². The van der Waals surface area contributed by atoms with E-state index in [1.54, 1.807) is 0 Å². The largest absolute Gasteiger partial charge is 0.469 e. The lowest BCUT2D eigenvalue weighted by Crippen LogP contribution is -1.98. The van der Waals surface area contributed by atoms with Crippen LogP contribution in [0.25, 0.3) is 0 Å². The molecule has 0 saturated heterocycles. The highest BCUT2D eigenvalue weighted by atomic mass is 16.5. The van der Waals surface area contributed by atoms with E-state index in [1.807, 2.05) is 0 Å². The van der Waals surface area contributed by atoms with Gasteiger partial charge in [-0.1, -0.05) is 56.2 Å². The molecule has 0 spiro atoms. The lowest BCUT2D eigenvalue weighted by atomic mass is 10.1.